The van der Waals surface area contributed by atoms with Crippen LogP contribution in [0.4, 0.5) is 4.79 Å². The van der Waals surface area contributed by atoms with Crippen molar-refractivity contribution in [2.24, 2.45) is 0 Å². The van der Waals surface area contributed by atoms with Gasteiger partial charge in [0.15, 0.2) is 6.04 Å². The lowest BCUT2D eigenvalue weighted by molar-refractivity contribution is -0.139. The van der Waals surface area contributed by atoms with Gasteiger partial charge in [-0.25, -0.2) is 9.59 Å². The van der Waals surface area contributed by atoms with Gasteiger partial charge in [0, 0.05) is 18.0 Å². The zero-order valence-corrected chi connectivity index (χ0v) is 12.1. The highest BCUT2D eigenvalue weighted by Crippen LogP contribution is 2.20. The lowest BCUT2D eigenvalue weighted by Crippen LogP contribution is -2.50. The minimum atomic E-state index is -1.05. The first-order valence-electron chi connectivity index (χ1n) is 6.55. The van der Waals surface area contributed by atoms with E-state index in [4.69, 9.17) is 4.74 Å². The zero-order chi connectivity index (χ0) is 14.5. The molecule has 2 amide bonds. The quantitative estimate of drug-likeness (QED) is 0.886. The first-order valence-corrected chi connectivity index (χ1v) is 7.43. The van der Waals surface area contributed by atoms with E-state index in [9.17, 15) is 14.7 Å². The van der Waals surface area contributed by atoms with Gasteiger partial charge < -0.3 is 20.1 Å². The van der Waals surface area contributed by atoms with Gasteiger partial charge in [-0.05, 0) is 17.9 Å². The molecule has 6 nitrogen and oxygen atoms in total. The van der Waals surface area contributed by atoms with Crippen molar-refractivity contribution in [3.63, 3.8) is 0 Å². The Morgan fingerprint density at radius 3 is 3.05 bits per heavy atom. The van der Waals surface area contributed by atoms with Crippen LogP contribution in [-0.2, 0) is 9.53 Å². The van der Waals surface area contributed by atoms with E-state index in [0.29, 0.717) is 24.6 Å². The number of nitrogens with one attached hydrogen (secondary N) is 1. The Balaban J connectivity index is 2.00. The van der Waals surface area contributed by atoms with Crippen LogP contribution in [0.2, 0.25) is 0 Å². The van der Waals surface area contributed by atoms with Gasteiger partial charge >= 0.3 is 12.0 Å². The monoisotopic (exact) mass is 298 g/mol. The Morgan fingerprint density at radius 1 is 1.65 bits per heavy atom. The van der Waals surface area contributed by atoms with Gasteiger partial charge in [-0.3, -0.25) is 0 Å². The number of hydrogen-bond acceptors (Lipinski definition) is 4. The van der Waals surface area contributed by atoms with E-state index in [0.717, 1.165) is 6.42 Å². The number of hydrogen-bond donors (Lipinski definition) is 2. The second-order valence-electron chi connectivity index (χ2n) is 4.58. The summed E-state index contributed by atoms with van der Waals surface area (Å²) in [5.74, 6) is -1.05. The second kappa shape index (κ2) is 6.71. The molecule has 7 heteroatoms. The number of urea groups is 1. The first-order chi connectivity index (χ1) is 9.61. The number of carbonyl (C=O) groups excluding carboxylic acids is 1. The molecule has 2 N–H and O–H groups in total. The van der Waals surface area contributed by atoms with Crippen molar-refractivity contribution in [1.29, 1.82) is 0 Å². The molecule has 2 heterocycles. The van der Waals surface area contributed by atoms with Gasteiger partial charge in [0.25, 0.3) is 0 Å². The molecule has 1 saturated heterocycles. The number of morpholine rings is 1. The maximum Gasteiger partial charge on any atom is 0.331 e. The van der Waals surface area contributed by atoms with E-state index in [2.05, 4.69) is 5.32 Å². The fraction of sp³-hybridized carbons (Fsp3) is 0.538. The summed E-state index contributed by atoms with van der Waals surface area (Å²) >= 11 is 1.31. The summed E-state index contributed by atoms with van der Waals surface area (Å²) in [5.41, 5.74) is 0. The van der Waals surface area contributed by atoms with Crippen LogP contribution >= 0.6 is 11.3 Å². The van der Waals surface area contributed by atoms with Gasteiger partial charge in [0.05, 0.1) is 12.7 Å². The van der Waals surface area contributed by atoms with Crippen molar-refractivity contribution in [3.8, 4) is 0 Å². The first kappa shape index (κ1) is 14.8. The number of thiophene rings is 1. The van der Waals surface area contributed by atoms with Crippen molar-refractivity contribution in [2.45, 2.75) is 25.5 Å². The largest absolute Gasteiger partial charge is 0.479 e. The summed E-state index contributed by atoms with van der Waals surface area (Å²) in [4.78, 5) is 25.7. The highest BCUT2D eigenvalue weighted by Gasteiger charge is 2.28. The molecule has 110 valence electrons. The molecular formula is C13H18N2O4S. The van der Waals surface area contributed by atoms with Crippen LogP contribution in [-0.4, -0.2) is 47.8 Å². The van der Waals surface area contributed by atoms with E-state index >= 15 is 0 Å². The van der Waals surface area contributed by atoms with Gasteiger partial charge in [0.2, 0.25) is 0 Å². The Morgan fingerprint density at radius 2 is 2.45 bits per heavy atom. The maximum absolute atomic E-state index is 12.2. The third kappa shape index (κ3) is 3.49. The van der Waals surface area contributed by atoms with E-state index < -0.39 is 12.0 Å². The summed E-state index contributed by atoms with van der Waals surface area (Å²) in [5, 5.41) is 13.6. The molecule has 1 aromatic rings. The van der Waals surface area contributed by atoms with E-state index in [-0.39, 0.29) is 12.1 Å². The smallest absolute Gasteiger partial charge is 0.331 e. The predicted molar refractivity (Wildman–Crippen MR) is 74.8 cm³/mol. The molecule has 1 aromatic heterocycles. The summed E-state index contributed by atoms with van der Waals surface area (Å²) in [7, 11) is 0. The standard InChI is InChI=1S/C13H18N2O4S/c1-2-9-8-15(5-6-19-9)13(18)14-11(12(16)17)10-4-3-7-20-10/h3-4,7,9,11H,2,5-6,8H2,1H3,(H,14,18)(H,16,17). The van der Waals surface area contributed by atoms with Crippen molar-refractivity contribution >= 4 is 23.3 Å². The Kier molecular flexibility index (Phi) is 4.97. The summed E-state index contributed by atoms with van der Waals surface area (Å²) < 4.78 is 5.50. The number of amides is 2. The Hall–Kier alpha value is -1.60. The molecule has 0 saturated carbocycles. The van der Waals surface area contributed by atoms with Crippen LogP contribution in [0.25, 0.3) is 0 Å². The molecular weight excluding hydrogens is 280 g/mol. The third-order valence-electron chi connectivity index (χ3n) is 3.22. The average molecular weight is 298 g/mol. The molecule has 1 fully saturated rings. The zero-order valence-electron chi connectivity index (χ0n) is 11.2. The van der Waals surface area contributed by atoms with E-state index in [1.165, 1.54) is 11.3 Å². The molecule has 0 aromatic carbocycles. The van der Waals surface area contributed by atoms with E-state index in [1.807, 2.05) is 6.92 Å². The third-order valence-corrected chi connectivity index (χ3v) is 4.16. The van der Waals surface area contributed by atoms with Crippen molar-refractivity contribution in [1.82, 2.24) is 10.2 Å². The lowest BCUT2D eigenvalue weighted by Gasteiger charge is -2.33. The molecule has 1 aliphatic rings. The maximum atomic E-state index is 12.2. The Labute approximate surface area is 121 Å². The number of nitrogens with zero attached hydrogens (tertiary/aromatic N) is 1. The highest BCUT2D eigenvalue weighted by molar-refractivity contribution is 7.10. The van der Waals surface area contributed by atoms with Gasteiger partial charge in [0.1, 0.15) is 0 Å². The van der Waals surface area contributed by atoms with Gasteiger partial charge in [-0.1, -0.05) is 13.0 Å². The number of rotatable bonds is 4. The number of carboxylic acid groups (broad SMARTS) is 1. The molecule has 2 unspecified atom stereocenters. The highest BCUT2D eigenvalue weighted by atomic mass is 32.1. The van der Waals surface area contributed by atoms with Crippen LogP contribution < -0.4 is 5.32 Å². The van der Waals surface area contributed by atoms with Gasteiger partial charge in [-0.15, -0.1) is 11.3 Å². The summed E-state index contributed by atoms with van der Waals surface area (Å²) in [6, 6.07) is 2.12. The van der Waals surface area contributed by atoms with Crippen LogP contribution in [0.5, 0.6) is 0 Å². The lowest BCUT2D eigenvalue weighted by atomic mass is 10.2. The Bertz CT molecular complexity index is 463. The molecule has 0 bridgehead atoms. The number of ether oxygens (including phenoxy) is 1. The van der Waals surface area contributed by atoms with Crippen molar-refractivity contribution < 1.29 is 19.4 Å². The molecule has 0 radical (unpaired) electrons. The number of carbonyl (C=O) groups is 2. The topological polar surface area (TPSA) is 78.9 Å². The summed E-state index contributed by atoms with van der Waals surface area (Å²) in [6.45, 7) is 3.47. The van der Waals surface area contributed by atoms with Crippen LogP contribution in [0.15, 0.2) is 17.5 Å². The molecule has 2 atom stereocenters. The summed E-state index contributed by atoms with van der Waals surface area (Å²) in [6.07, 6.45) is 0.858. The molecule has 0 aliphatic carbocycles. The van der Waals surface area contributed by atoms with Crippen molar-refractivity contribution in [3.05, 3.63) is 22.4 Å². The molecule has 1 aliphatic heterocycles. The minimum absolute atomic E-state index is 0.0273. The van der Waals surface area contributed by atoms with Gasteiger partial charge in [-0.2, -0.15) is 0 Å². The fourth-order valence-corrected chi connectivity index (χ4v) is 2.84. The molecule has 0 spiro atoms. The average Bonchev–Trinajstić information content (AvgIpc) is 2.98. The number of carboxylic acids is 1. The number of aliphatic carboxylic acids is 1. The second-order valence-corrected chi connectivity index (χ2v) is 5.56. The minimum Gasteiger partial charge on any atom is -0.479 e. The van der Waals surface area contributed by atoms with Crippen molar-refractivity contribution in [2.75, 3.05) is 19.7 Å². The van der Waals surface area contributed by atoms with Crippen LogP contribution in [0.3, 0.4) is 0 Å². The SMILES string of the molecule is CCC1CN(C(=O)NC(C(=O)O)c2cccs2)CCO1. The fourth-order valence-electron chi connectivity index (χ4n) is 2.08. The molecule has 20 heavy (non-hydrogen) atoms. The predicted octanol–water partition coefficient (Wildman–Crippen LogP) is 1.69. The van der Waals surface area contributed by atoms with E-state index in [1.54, 1.807) is 22.4 Å². The van der Waals surface area contributed by atoms with Crippen LogP contribution in [0.1, 0.15) is 24.3 Å². The normalized spacial score (nSPS) is 20.4. The van der Waals surface area contributed by atoms with Crippen LogP contribution in [0, 0.1) is 0 Å². The molecule has 2 rings (SSSR count).